The van der Waals surface area contributed by atoms with Crippen LogP contribution >= 0.6 is 24.4 Å². The van der Waals surface area contributed by atoms with Gasteiger partial charge in [-0.25, -0.2) is 50.4 Å². The lowest BCUT2D eigenvalue weighted by molar-refractivity contribution is -0.151. The fourth-order valence-electron chi connectivity index (χ4n) is 14.5. The number of ether oxygens (including phenoxy) is 7. The molecular formula is C92H109N11O42S4-2. The number of rotatable bonds is 69. The van der Waals surface area contributed by atoms with Crippen molar-refractivity contribution in [3.05, 3.63) is 153 Å². The number of allylic oxidation sites excluding steroid dienone is 1. The Morgan fingerprint density at radius 1 is 0.537 bits per heavy atom. The van der Waals surface area contributed by atoms with E-state index >= 15 is 0 Å². The van der Waals surface area contributed by atoms with Gasteiger partial charge in [0.25, 0.3) is 12.9 Å². The first-order valence-corrected chi connectivity index (χ1v) is 49.8. The predicted octanol–water partition coefficient (Wildman–Crippen LogP) is -0.756. The molecule has 1 aliphatic carbocycles. The number of urea groups is 2. The van der Waals surface area contributed by atoms with Crippen LogP contribution in [0.5, 0.6) is 5.75 Å². The monoisotopic (exact) mass is 2170 g/mol. The van der Waals surface area contributed by atoms with Crippen LogP contribution in [0.25, 0.3) is 5.57 Å². The zero-order valence-electron chi connectivity index (χ0n) is 79.1. The Morgan fingerprint density at radius 3 is 1.44 bits per heavy atom. The fraction of sp³-hybridized carbons (Fsp3) is 0.435. The number of nitrogens with one attached hydrogen (secondary N) is 8. The number of thioether (sulfide) groups is 1. The standard InChI is InChI=1S/C60H67N7O27S3.C32H44N4O15S/c61-38-12-10-35-50(36-11-13-39(62)55(97(88,89)90)53(36)94-52(35)54(38)96(85,86)87)34-9-8-32(26-37(34)57(78)79)42(69)7-4-20-67-48(73)28-44(56(67)77)95-29-33(51(76)59(82)83)27-43(70)41(25-31-5-2-1-3-6-31)64-46(72)18-21-91-23-24-92-22-19-63-45(71)15-14-40(58(80)81)65-60(84)66-47(93-30-68)16-17-49(74)75;37-19-51-27(8-9-28(41)42)36-32(48)35-22(30(44)45)6-7-25(39)33-11-13-50-15-14-49-12-10-26(40)34-23(16-20-4-2-1-3-5-20)24(38)17-21(18-52)29(43)31(46)47/h1-3,5-6,8-13,26,30,33,38,40-41,44,47H,4,7,14-25,27-29,61-62H2,(H,63,71)(H,64,72)(H,74,75)(H,78,79)(H,80,81)(H,82,83)(H2,65,66,84)(H,85,86,87)(H,88,89,90);1-5,19,21-23,27,52H,6-18H2,(H,33,39)(H,34,40)(H,41,42)(H,44,45)(H,46,47)(H2,35,36,48)/p-2/t33?,38?,40-,41?,44?,47+;21?,22-,23?,27+/m11/s1. The minimum absolute atomic E-state index is 0.00230. The number of carboxylic acid groups (broad SMARTS) is 7. The van der Waals surface area contributed by atoms with Crippen LogP contribution in [-0.4, -0.2) is 330 Å². The van der Waals surface area contributed by atoms with E-state index in [9.17, 15) is 152 Å². The number of nitrogens with two attached hydrogens (primary N) is 2. The van der Waals surface area contributed by atoms with E-state index in [1.54, 1.807) is 60.7 Å². The van der Waals surface area contributed by atoms with Crippen molar-refractivity contribution in [2.75, 3.05) is 89.7 Å². The molecule has 10 atom stereocenters. The first kappa shape index (κ1) is 123. The van der Waals surface area contributed by atoms with Crippen molar-refractivity contribution in [3.63, 3.8) is 0 Å². The number of anilines is 1. The number of benzene rings is 4. The van der Waals surface area contributed by atoms with Gasteiger partial charge < -0.3 is 132 Å². The normalized spacial score (nSPS) is 15.2. The highest BCUT2D eigenvalue weighted by molar-refractivity contribution is 8.00. The van der Waals surface area contributed by atoms with Gasteiger partial charge in [0.05, 0.1) is 105 Å². The van der Waals surface area contributed by atoms with E-state index in [-0.39, 0.29) is 190 Å². The summed E-state index contributed by atoms with van der Waals surface area (Å²) in [5, 5.41) is 83.2. The molecule has 4 aromatic carbocycles. The summed E-state index contributed by atoms with van der Waals surface area (Å²) >= 11 is 4.73. The summed E-state index contributed by atoms with van der Waals surface area (Å²) in [5.74, 6) is -23.8. The number of Topliss-reactive ketones (excluding diaryl/α,β-unsaturated/α-hetero) is 5. The second-order valence-electron chi connectivity index (χ2n) is 32.7. The van der Waals surface area contributed by atoms with Gasteiger partial charge in [-0.1, -0.05) is 84.9 Å². The highest BCUT2D eigenvalue weighted by atomic mass is 32.2. The Hall–Kier alpha value is -14.8. The van der Waals surface area contributed by atoms with Gasteiger partial charge >= 0.3 is 53.8 Å². The number of nitrogen functional groups attached to an aromatic ring is 1. The largest absolute Gasteiger partial charge is 0.744 e. The van der Waals surface area contributed by atoms with E-state index in [4.69, 9.17) is 50.5 Å². The third kappa shape index (κ3) is 41.4. The highest BCUT2D eigenvalue weighted by Gasteiger charge is 2.43. The van der Waals surface area contributed by atoms with Crippen molar-refractivity contribution in [2.24, 2.45) is 17.6 Å². The van der Waals surface area contributed by atoms with Gasteiger partial charge in [-0.2, -0.15) is 12.6 Å². The Labute approximate surface area is 858 Å². The number of fused-ring (bicyclic) bond motifs is 2. The molecule has 2 heterocycles. The third-order valence-electron chi connectivity index (χ3n) is 21.9. The van der Waals surface area contributed by atoms with Crippen molar-refractivity contribution in [3.8, 4) is 5.75 Å². The maximum absolute atomic E-state index is 14.0. The SMILES string of the molecule is Nc1ccc2c(c1S(=O)(=O)[O-])OC1=C(S(=O)(=O)[O-])C(N)C=CC1=C2c1ccc(C(=O)CCCN2C(=O)CC(SCC(CC(=O)C(Cc3ccccc3)NC(=O)CCOCCOCCNC(=O)CC[C@@H](NC(=O)N[C@H](CCC(=O)O)OC=O)C(=O)O)C(=O)C(=O)O)C2=O)cc1C(=O)O.O=CO[C@@H](CCC(=O)O)NC(=O)N[C@H](CCC(=O)NCCOCCOCCC(=O)NC(Cc1ccccc1)C(=O)CC(CS)C(=O)C(=O)O)C(=O)O. The quantitative estimate of drug-likeness (QED) is 0.00297. The molecule has 1 saturated heterocycles. The van der Waals surface area contributed by atoms with Crippen molar-refractivity contribution < 1.29 is 200 Å². The second kappa shape index (κ2) is 61.7. The summed E-state index contributed by atoms with van der Waals surface area (Å²) in [5.41, 5.74) is 10.5. The average molecular weight is 2170 g/mol. The molecule has 1 fully saturated rings. The van der Waals surface area contributed by atoms with Crippen LogP contribution in [0.4, 0.5) is 15.3 Å². The van der Waals surface area contributed by atoms with Crippen molar-refractivity contribution in [2.45, 2.75) is 162 Å². The Morgan fingerprint density at radius 2 is 1.00 bits per heavy atom. The molecule has 0 spiro atoms. The lowest BCUT2D eigenvalue weighted by Gasteiger charge is -2.33. The number of aliphatic carboxylic acids is 6. The number of amides is 10. The van der Waals surface area contributed by atoms with Gasteiger partial charge in [-0.3, -0.25) is 76.8 Å². The molecular weight excluding hydrogens is 2060 g/mol. The zero-order valence-corrected chi connectivity index (χ0v) is 82.5. The first-order chi connectivity index (χ1) is 70.6. The minimum Gasteiger partial charge on any atom is -0.744 e. The number of hydrogen-bond donors (Lipinski definition) is 18. The number of aromatic carboxylic acids is 1. The van der Waals surface area contributed by atoms with Gasteiger partial charge in [-0.05, 0) is 67.0 Å². The molecule has 0 saturated carbocycles. The van der Waals surface area contributed by atoms with Crippen LogP contribution in [-0.2, 0) is 148 Å². The molecule has 57 heteroatoms. The molecule has 149 heavy (non-hydrogen) atoms. The molecule has 810 valence electrons. The molecule has 7 rings (SSSR count). The summed E-state index contributed by atoms with van der Waals surface area (Å²) in [4.78, 5) is 268. The molecule has 2 aliphatic heterocycles. The number of hydrogen-bond acceptors (Lipinski definition) is 39. The molecule has 4 aromatic rings. The molecule has 6 unspecified atom stereocenters. The summed E-state index contributed by atoms with van der Waals surface area (Å²) in [6, 6.07) is 13.4. The van der Waals surface area contributed by atoms with Gasteiger partial charge in [0.15, 0.2) is 41.3 Å². The number of thiol groups is 1. The maximum atomic E-state index is 14.0. The highest BCUT2D eigenvalue weighted by Crippen LogP contribution is 2.50. The molecule has 0 radical (unpaired) electrons. The molecule has 0 bridgehead atoms. The van der Waals surface area contributed by atoms with E-state index in [2.05, 4.69) is 64.6 Å². The van der Waals surface area contributed by atoms with Crippen LogP contribution in [0, 0.1) is 11.8 Å². The summed E-state index contributed by atoms with van der Waals surface area (Å²) < 4.78 is 112. The topological polar surface area (TPSA) is 848 Å². The number of imide groups is 1. The number of nitrogens with zero attached hydrogens (tertiary/aromatic N) is 1. The Kier molecular flexibility index (Phi) is 50.9. The van der Waals surface area contributed by atoms with Gasteiger partial charge in [0.2, 0.25) is 47.0 Å². The summed E-state index contributed by atoms with van der Waals surface area (Å²) in [6.45, 7) is -0.267. The van der Waals surface area contributed by atoms with E-state index in [1.165, 1.54) is 12.1 Å². The molecule has 0 aromatic heterocycles. The van der Waals surface area contributed by atoms with Crippen LogP contribution in [0.3, 0.4) is 0 Å². The van der Waals surface area contributed by atoms with Crippen LogP contribution in [0.2, 0.25) is 0 Å². The van der Waals surface area contributed by atoms with Gasteiger partial charge in [0.1, 0.15) is 37.2 Å². The van der Waals surface area contributed by atoms with Crippen molar-refractivity contribution in [1.29, 1.82) is 0 Å². The maximum Gasteiger partial charge on any atom is 0.372 e. The zero-order chi connectivity index (χ0) is 110. The number of likely N-dealkylation sites (tertiary alicyclic amines) is 1. The Balaban J connectivity index is 0.000000549. The Bertz CT molecular complexity index is 5910. The van der Waals surface area contributed by atoms with E-state index < -0.39 is 275 Å². The third-order valence-corrected chi connectivity index (χ3v) is 25.6. The number of ketones is 5. The smallest absolute Gasteiger partial charge is 0.372 e. The minimum atomic E-state index is -5.51. The van der Waals surface area contributed by atoms with Crippen LogP contribution in [0.15, 0.2) is 124 Å². The van der Waals surface area contributed by atoms with E-state index in [0.717, 1.165) is 52.6 Å². The predicted molar refractivity (Wildman–Crippen MR) is 512 cm³/mol. The summed E-state index contributed by atoms with van der Waals surface area (Å²) in [6.07, 6.45) is -5.58. The molecule has 10 amide bonds. The first-order valence-electron chi connectivity index (χ1n) is 45.3. The van der Waals surface area contributed by atoms with E-state index in [1.807, 2.05) is 0 Å². The number of carbonyl (C=O) groups excluding carboxylic acids is 15. The fourth-order valence-corrected chi connectivity index (χ4v) is 17.6. The van der Waals surface area contributed by atoms with Crippen molar-refractivity contribution in [1.82, 2.24) is 47.4 Å². The lowest BCUT2D eigenvalue weighted by Crippen LogP contribution is -2.50. The van der Waals surface area contributed by atoms with Crippen LogP contribution in [0.1, 0.15) is 139 Å². The van der Waals surface area contributed by atoms with E-state index in [0.29, 0.717) is 5.56 Å². The average Bonchev–Trinajstić information content (AvgIpc) is 1.04. The molecule has 19 N–H and O–H groups in total. The molecule has 53 nitrogen and oxygen atoms in total. The van der Waals surface area contributed by atoms with Gasteiger partial charge in [0, 0.05) is 129 Å². The summed E-state index contributed by atoms with van der Waals surface area (Å²) in [7, 11) is -11.0. The van der Waals surface area contributed by atoms with Crippen LogP contribution < -0.4 is 58.7 Å². The van der Waals surface area contributed by atoms with Crippen molar-refractivity contribution >= 4 is 187 Å². The second-order valence-corrected chi connectivity index (χ2v) is 36.9. The molecule has 3 aliphatic rings. The van der Waals surface area contributed by atoms with Gasteiger partial charge in [-0.15, -0.1) is 11.8 Å². The lowest BCUT2D eigenvalue weighted by atomic mass is 9.84. The number of carboxylic acids is 7. The number of carbonyl (C=O) groups is 22.